The average Bonchev–Trinajstić information content (AvgIpc) is 2.65. The van der Waals surface area contributed by atoms with E-state index in [4.69, 9.17) is 16.4 Å². The molecule has 1 atom stereocenters. The molecule has 1 saturated heterocycles. The Bertz CT molecular complexity index is 353. The van der Waals surface area contributed by atoms with Crippen molar-refractivity contribution in [2.75, 3.05) is 6.61 Å². The zero-order valence-electron chi connectivity index (χ0n) is 7.19. The fourth-order valence-corrected chi connectivity index (χ4v) is 1.75. The second kappa shape index (κ2) is 3.81. The summed E-state index contributed by atoms with van der Waals surface area (Å²) in [7, 11) is 0. The molecule has 1 aliphatic rings. The van der Waals surface area contributed by atoms with E-state index in [1.165, 1.54) is 0 Å². The first kappa shape index (κ1) is 9.83. The average molecular weight is 220 g/mol. The molecule has 1 aromatic rings. The fraction of sp³-hybridized carbons (Fsp3) is 0.333. The van der Waals surface area contributed by atoms with Crippen molar-refractivity contribution in [2.45, 2.75) is 12.5 Å². The number of benzene rings is 1. The van der Waals surface area contributed by atoms with Crippen molar-refractivity contribution in [1.82, 2.24) is 5.48 Å². The van der Waals surface area contributed by atoms with Crippen LogP contribution in [0.3, 0.4) is 0 Å². The van der Waals surface area contributed by atoms with Crippen LogP contribution in [0.15, 0.2) is 12.1 Å². The second-order valence-electron chi connectivity index (χ2n) is 3.06. The highest BCUT2D eigenvalue weighted by atomic mass is 35.5. The Balaban J connectivity index is 2.44. The molecule has 1 aromatic carbocycles. The van der Waals surface area contributed by atoms with Gasteiger partial charge in [-0.3, -0.25) is 0 Å². The van der Waals surface area contributed by atoms with Gasteiger partial charge < -0.3 is 4.84 Å². The highest BCUT2D eigenvalue weighted by Gasteiger charge is 2.24. The summed E-state index contributed by atoms with van der Waals surface area (Å²) in [6.45, 7) is 0.469. The van der Waals surface area contributed by atoms with Gasteiger partial charge in [-0.2, -0.15) is 5.48 Å². The summed E-state index contributed by atoms with van der Waals surface area (Å²) in [4.78, 5) is 4.86. The van der Waals surface area contributed by atoms with Gasteiger partial charge in [0, 0.05) is 5.56 Å². The maximum absolute atomic E-state index is 13.3. The van der Waals surface area contributed by atoms with E-state index in [-0.39, 0.29) is 16.6 Å². The van der Waals surface area contributed by atoms with E-state index in [9.17, 15) is 8.78 Å². The topological polar surface area (TPSA) is 21.3 Å². The summed E-state index contributed by atoms with van der Waals surface area (Å²) in [6.07, 6.45) is 0.583. The predicted octanol–water partition coefficient (Wildman–Crippen LogP) is 2.58. The van der Waals surface area contributed by atoms with Crippen LogP contribution in [-0.2, 0) is 4.84 Å². The Morgan fingerprint density at radius 1 is 1.36 bits per heavy atom. The first-order chi connectivity index (χ1) is 6.70. The van der Waals surface area contributed by atoms with Gasteiger partial charge in [-0.25, -0.2) is 8.78 Å². The molecule has 2 nitrogen and oxygen atoms in total. The number of nitrogens with one attached hydrogen (secondary N) is 1. The van der Waals surface area contributed by atoms with Crippen molar-refractivity contribution in [2.24, 2.45) is 0 Å². The fourth-order valence-electron chi connectivity index (χ4n) is 1.46. The molecule has 0 aliphatic carbocycles. The van der Waals surface area contributed by atoms with Crippen molar-refractivity contribution in [3.05, 3.63) is 34.4 Å². The molecule has 1 heterocycles. The Morgan fingerprint density at radius 2 is 2.07 bits per heavy atom. The minimum atomic E-state index is -0.614. The molecule has 0 unspecified atom stereocenters. The quantitative estimate of drug-likeness (QED) is 0.733. The van der Waals surface area contributed by atoms with Gasteiger partial charge in [0.15, 0.2) is 0 Å². The number of hydrogen-bond acceptors (Lipinski definition) is 2. The predicted molar refractivity (Wildman–Crippen MR) is 47.8 cm³/mol. The molecule has 2 rings (SSSR count). The number of rotatable bonds is 1. The molecule has 0 amide bonds. The monoisotopic (exact) mass is 219 g/mol. The maximum Gasteiger partial charge on any atom is 0.142 e. The summed E-state index contributed by atoms with van der Waals surface area (Å²) in [5, 5.41) is -0.173. The summed E-state index contributed by atoms with van der Waals surface area (Å²) in [6, 6.07) is 1.71. The second-order valence-corrected chi connectivity index (χ2v) is 3.44. The molecule has 14 heavy (non-hydrogen) atoms. The van der Waals surface area contributed by atoms with E-state index in [1.54, 1.807) is 0 Å². The molecule has 76 valence electrons. The lowest BCUT2D eigenvalue weighted by molar-refractivity contribution is 0.0877. The van der Waals surface area contributed by atoms with Crippen LogP contribution in [0.4, 0.5) is 8.78 Å². The van der Waals surface area contributed by atoms with Gasteiger partial charge in [0.05, 0.1) is 17.7 Å². The zero-order chi connectivity index (χ0) is 10.1. The zero-order valence-corrected chi connectivity index (χ0v) is 7.94. The van der Waals surface area contributed by atoms with Gasteiger partial charge in [0.25, 0.3) is 0 Å². The van der Waals surface area contributed by atoms with E-state index in [0.29, 0.717) is 13.0 Å². The number of hydroxylamine groups is 1. The van der Waals surface area contributed by atoms with Crippen molar-refractivity contribution in [1.29, 1.82) is 0 Å². The van der Waals surface area contributed by atoms with Crippen molar-refractivity contribution in [3.8, 4) is 0 Å². The molecule has 5 heteroatoms. The van der Waals surface area contributed by atoms with Crippen molar-refractivity contribution in [3.63, 3.8) is 0 Å². The van der Waals surface area contributed by atoms with Crippen LogP contribution in [0.2, 0.25) is 5.02 Å². The molecule has 0 spiro atoms. The molecule has 1 aliphatic heterocycles. The lowest BCUT2D eigenvalue weighted by Gasteiger charge is -2.12. The smallest absolute Gasteiger partial charge is 0.142 e. The summed E-state index contributed by atoms with van der Waals surface area (Å²) < 4.78 is 26.4. The first-order valence-corrected chi connectivity index (χ1v) is 4.58. The Morgan fingerprint density at radius 3 is 2.71 bits per heavy atom. The highest BCUT2D eigenvalue weighted by molar-refractivity contribution is 6.31. The van der Waals surface area contributed by atoms with Crippen LogP contribution < -0.4 is 5.48 Å². The number of halogens is 3. The third kappa shape index (κ3) is 1.61. The molecule has 0 aromatic heterocycles. The van der Waals surface area contributed by atoms with Crippen LogP contribution in [0.5, 0.6) is 0 Å². The largest absolute Gasteiger partial charge is 0.301 e. The standard InChI is InChI=1S/C9H8ClF2NO/c10-9-6(12)2-1-5(11)8(9)7-3-4-14-13-7/h1-2,7,13H,3-4H2/t7-/m1/s1. The highest BCUT2D eigenvalue weighted by Crippen LogP contribution is 2.31. The SMILES string of the molecule is Fc1ccc(F)c([C@H]2CCON2)c1Cl. The molecule has 1 fully saturated rings. The van der Waals surface area contributed by atoms with E-state index >= 15 is 0 Å². The van der Waals surface area contributed by atoms with Gasteiger partial charge >= 0.3 is 0 Å². The van der Waals surface area contributed by atoms with E-state index in [2.05, 4.69) is 5.48 Å². The molecular weight excluding hydrogens is 212 g/mol. The Hall–Kier alpha value is -0.710. The first-order valence-electron chi connectivity index (χ1n) is 4.21. The van der Waals surface area contributed by atoms with Gasteiger partial charge in [-0.1, -0.05) is 11.6 Å². The molecular formula is C9H8ClF2NO. The maximum atomic E-state index is 13.3. The van der Waals surface area contributed by atoms with Crippen LogP contribution in [-0.4, -0.2) is 6.61 Å². The third-order valence-corrected chi connectivity index (χ3v) is 2.55. The number of hydrogen-bond donors (Lipinski definition) is 1. The Kier molecular flexibility index (Phi) is 2.67. The molecule has 0 bridgehead atoms. The summed E-state index contributed by atoms with van der Waals surface area (Å²) >= 11 is 5.67. The van der Waals surface area contributed by atoms with Crippen LogP contribution in [0, 0.1) is 11.6 Å². The van der Waals surface area contributed by atoms with Gasteiger partial charge in [-0.05, 0) is 18.6 Å². The summed E-state index contributed by atoms with van der Waals surface area (Å²) in [5.74, 6) is -1.13. The molecule has 1 N–H and O–H groups in total. The minimum Gasteiger partial charge on any atom is -0.301 e. The van der Waals surface area contributed by atoms with E-state index in [0.717, 1.165) is 12.1 Å². The molecule has 0 saturated carbocycles. The van der Waals surface area contributed by atoms with Gasteiger partial charge in [-0.15, -0.1) is 0 Å². The third-order valence-electron chi connectivity index (χ3n) is 2.16. The van der Waals surface area contributed by atoms with Crippen molar-refractivity contribution < 1.29 is 13.6 Å². The Labute approximate surface area is 84.8 Å². The van der Waals surface area contributed by atoms with Crippen LogP contribution in [0.1, 0.15) is 18.0 Å². The van der Waals surface area contributed by atoms with Crippen LogP contribution in [0.25, 0.3) is 0 Å². The lowest BCUT2D eigenvalue weighted by Crippen LogP contribution is -2.14. The minimum absolute atomic E-state index is 0.143. The van der Waals surface area contributed by atoms with E-state index < -0.39 is 11.6 Å². The van der Waals surface area contributed by atoms with E-state index in [1.807, 2.05) is 0 Å². The lowest BCUT2D eigenvalue weighted by atomic mass is 10.0. The van der Waals surface area contributed by atoms with Crippen LogP contribution >= 0.6 is 11.6 Å². The van der Waals surface area contributed by atoms with Gasteiger partial charge in [0.1, 0.15) is 11.6 Å². The van der Waals surface area contributed by atoms with Crippen molar-refractivity contribution >= 4 is 11.6 Å². The molecule has 0 radical (unpaired) electrons. The van der Waals surface area contributed by atoms with Gasteiger partial charge in [0.2, 0.25) is 0 Å². The normalized spacial score (nSPS) is 21.5. The summed E-state index contributed by atoms with van der Waals surface area (Å²) in [5.41, 5.74) is 2.73.